The average molecular weight is 322 g/mol. The van der Waals surface area contributed by atoms with Crippen molar-refractivity contribution in [1.29, 1.82) is 0 Å². The third-order valence-corrected chi connectivity index (χ3v) is 4.61. The zero-order chi connectivity index (χ0) is 16.6. The molecule has 0 N–H and O–H groups in total. The minimum atomic E-state index is 0.187. The molecule has 1 heterocycles. The zero-order valence-electron chi connectivity index (χ0n) is 14.2. The van der Waals surface area contributed by atoms with Gasteiger partial charge in [0, 0.05) is 5.69 Å². The van der Waals surface area contributed by atoms with Crippen LogP contribution in [0.25, 0.3) is 0 Å². The van der Waals surface area contributed by atoms with E-state index in [2.05, 4.69) is 17.0 Å². The SMILES string of the molecule is O=C(CN1CCCCCC1)N(Cc1ccccc1)c1ccccc1. The fourth-order valence-electron chi connectivity index (χ4n) is 3.27. The molecule has 0 spiro atoms. The summed E-state index contributed by atoms with van der Waals surface area (Å²) >= 11 is 0. The van der Waals surface area contributed by atoms with Crippen LogP contribution in [0, 0.1) is 0 Å². The fourth-order valence-corrected chi connectivity index (χ4v) is 3.27. The van der Waals surface area contributed by atoms with E-state index >= 15 is 0 Å². The Bertz CT molecular complexity index is 619. The molecule has 2 aromatic rings. The van der Waals surface area contributed by atoms with E-state index < -0.39 is 0 Å². The Morgan fingerprint density at radius 3 is 2.04 bits per heavy atom. The van der Waals surface area contributed by atoms with Crippen molar-refractivity contribution in [3.63, 3.8) is 0 Å². The average Bonchev–Trinajstić information content (AvgIpc) is 2.90. The predicted molar refractivity (Wildman–Crippen MR) is 99.0 cm³/mol. The number of anilines is 1. The van der Waals surface area contributed by atoms with Crippen LogP contribution in [0.2, 0.25) is 0 Å². The summed E-state index contributed by atoms with van der Waals surface area (Å²) in [6.07, 6.45) is 4.99. The lowest BCUT2D eigenvalue weighted by molar-refractivity contribution is -0.119. The number of amides is 1. The van der Waals surface area contributed by atoms with Gasteiger partial charge in [-0.15, -0.1) is 0 Å². The molecular weight excluding hydrogens is 296 g/mol. The molecule has 1 fully saturated rings. The molecule has 126 valence electrons. The smallest absolute Gasteiger partial charge is 0.241 e. The largest absolute Gasteiger partial charge is 0.307 e. The predicted octanol–water partition coefficient (Wildman–Crippen LogP) is 4.10. The highest BCUT2D eigenvalue weighted by molar-refractivity contribution is 5.94. The summed E-state index contributed by atoms with van der Waals surface area (Å²) in [7, 11) is 0. The Morgan fingerprint density at radius 2 is 1.42 bits per heavy atom. The van der Waals surface area contributed by atoms with Gasteiger partial charge in [-0.25, -0.2) is 0 Å². The number of para-hydroxylation sites is 1. The number of likely N-dealkylation sites (tertiary alicyclic amines) is 1. The molecule has 0 radical (unpaired) electrons. The zero-order valence-corrected chi connectivity index (χ0v) is 14.2. The van der Waals surface area contributed by atoms with Crippen LogP contribution in [0.5, 0.6) is 0 Å². The molecule has 1 aliphatic heterocycles. The van der Waals surface area contributed by atoms with Gasteiger partial charge in [0.1, 0.15) is 0 Å². The van der Waals surface area contributed by atoms with Gasteiger partial charge >= 0.3 is 0 Å². The molecule has 24 heavy (non-hydrogen) atoms. The maximum Gasteiger partial charge on any atom is 0.241 e. The van der Waals surface area contributed by atoms with Crippen LogP contribution in [0.15, 0.2) is 60.7 Å². The molecule has 0 bridgehead atoms. The lowest BCUT2D eigenvalue weighted by Gasteiger charge is -2.27. The third kappa shape index (κ3) is 4.68. The van der Waals surface area contributed by atoms with E-state index in [1.54, 1.807) is 0 Å². The monoisotopic (exact) mass is 322 g/mol. The van der Waals surface area contributed by atoms with Gasteiger partial charge in [0.05, 0.1) is 13.1 Å². The molecule has 2 aromatic carbocycles. The van der Waals surface area contributed by atoms with Crippen LogP contribution < -0.4 is 4.90 Å². The molecule has 1 saturated heterocycles. The van der Waals surface area contributed by atoms with Crippen molar-refractivity contribution in [3.8, 4) is 0 Å². The van der Waals surface area contributed by atoms with E-state index in [0.717, 1.165) is 24.3 Å². The summed E-state index contributed by atoms with van der Waals surface area (Å²) in [5, 5.41) is 0. The quantitative estimate of drug-likeness (QED) is 0.827. The highest BCUT2D eigenvalue weighted by Crippen LogP contribution is 2.18. The number of benzene rings is 2. The molecule has 0 aromatic heterocycles. The van der Waals surface area contributed by atoms with Crippen molar-refractivity contribution in [3.05, 3.63) is 66.2 Å². The maximum absolute atomic E-state index is 13.0. The lowest BCUT2D eigenvalue weighted by atomic mass is 10.2. The molecule has 0 aliphatic carbocycles. The molecule has 3 rings (SSSR count). The van der Waals surface area contributed by atoms with Crippen LogP contribution in [0.1, 0.15) is 31.2 Å². The Labute approximate surface area is 144 Å². The normalized spacial score (nSPS) is 15.7. The first-order chi connectivity index (χ1) is 11.8. The minimum absolute atomic E-state index is 0.187. The van der Waals surface area contributed by atoms with E-state index in [-0.39, 0.29) is 5.91 Å². The van der Waals surface area contributed by atoms with Crippen molar-refractivity contribution in [1.82, 2.24) is 4.90 Å². The first-order valence-corrected chi connectivity index (χ1v) is 8.94. The molecule has 0 unspecified atom stereocenters. The second-order valence-corrected chi connectivity index (χ2v) is 6.49. The van der Waals surface area contributed by atoms with Crippen molar-refractivity contribution in [2.24, 2.45) is 0 Å². The molecule has 0 saturated carbocycles. The fraction of sp³-hybridized carbons (Fsp3) is 0.381. The molecule has 3 heteroatoms. The van der Waals surface area contributed by atoms with Gasteiger partial charge in [-0.3, -0.25) is 9.69 Å². The molecule has 0 atom stereocenters. The Balaban J connectivity index is 1.74. The van der Waals surface area contributed by atoms with Crippen LogP contribution in [0.3, 0.4) is 0 Å². The molecule has 3 nitrogen and oxygen atoms in total. The number of nitrogens with zero attached hydrogens (tertiary/aromatic N) is 2. The standard InChI is InChI=1S/C21H26N2O/c24-21(18-22-15-9-1-2-10-16-22)23(20-13-7-4-8-14-20)17-19-11-5-3-6-12-19/h3-8,11-14H,1-2,9-10,15-18H2. The second-order valence-electron chi connectivity index (χ2n) is 6.49. The van der Waals surface area contributed by atoms with Crippen LogP contribution in [-0.4, -0.2) is 30.4 Å². The number of carbonyl (C=O) groups excluding carboxylic acids is 1. The maximum atomic E-state index is 13.0. The second kappa shape index (κ2) is 8.65. The summed E-state index contributed by atoms with van der Waals surface area (Å²) in [5.41, 5.74) is 2.13. The van der Waals surface area contributed by atoms with Crippen LogP contribution in [-0.2, 0) is 11.3 Å². The number of carbonyl (C=O) groups is 1. The van der Waals surface area contributed by atoms with Crippen LogP contribution >= 0.6 is 0 Å². The summed E-state index contributed by atoms with van der Waals surface area (Å²) in [6.45, 7) is 3.22. The molecular formula is C21H26N2O. The Kier molecular flexibility index (Phi) is 6.02. The van der Waals surface area contributed by atoms with E-state index in [0.29, 0.717) is 13.1 Å². The van der Waals surface area contributed by atoms with Crippen molar-refractivity contribution >= 4 is 11.6 Å². The third-order valence-electron chi connectivity index (χ3n) is 4.61. The van der Waals surface area contributed by atoms with Gasteiger partial charge in [0.15, 0.2) is 0 Å². The first-order valence-electron chi connectivity index (χ1n) is 8.94. The number of hydrogen-bond acceptors (Lipinski definition) is 2. The van der Waals surface area contributed by atoms with Gasteiger partial charge in [0.2, 0.25) is 5.91 Å². The number of hydrogen-bond donors (Lipinski definition) is 0. The van der Waals surface area contributed by atoms with Crippen LogP contribution in [0.4, 0.5) is 5.69 Å². The Hall–Kier alpha value is -2.13. The van der Waals surface area contributed by atoms with Crippen molar-refractivity contribution in [2.45, 2.75) is 32.2 Å². The number of rotatable bonds is 5. The van der Waals surface area contributed by atoms with Gasteiger partial charge < -0.3 is 4.90 Å². The molecule has 1 aliphatic rings. The van der Waals surface area contributed by atoms with Gasteiger partial charge in [-0.2, -0.15) is 0 Å². The van der Waals surface area contributed by atoms with E-state index in [1.165, 1.54) is 25.7 Å². The van der Waals surface area contributed by atoms with Crippen molar-refractivity contribution in [2.75, 3.05) is 24.5 Å². The highest BCUT2D eigenvalue weighted by Gasteiger charge is 2.20. The van der Waals surface area contributed by atoms with Gasteiger partial charge in [-0.05, 0) is 43.6 Å². The lowest BCUT2D eigenvalue weighted by Crippen LogP contribution is -2.40. The Morgan fingerprint density at radius 1 is 0.833 bits per heavy atom. The van der Waals surface area contributed by atoms with E-state index in [1.807, 2.05) is 53.4 Å². The highest BCUT2D eigenvalue weighted by atomic mass is 16.2. The van der Waals surface area contributed by atoms with E-state index in [4.69, 9.17) is 0 Å². The summed E-state index contributed by atoms with van der Waals surface area (Å²) < 4.78 is 0. The van der Waals surface area contributed by atoms with Gasteiger partial charge in [0.25, 0.3) is 0 Å². The van der Waals surface area contributed by atoms with E-state index in [9.17, 15) is 4.79 Å². The molecule has 1 amide bonds. The summed E-state index contributed by atoms with van der Waals surface area (Å²) in [5.74, 6) is 0.187. The summed E-state index contributed by atoms with van der Waals surface area (Å²) in [6, 6.07) is 20.2. The topological polar surface area (TPSA) is 23.6 Å². The van der Waals surface area contributed by atoms with Crippen molar-refractivity contribution < 1.29 is 4.79 Å². The van der Waals surface area contributed by atoms with Gasteiger partial charge in [-0.1, -0.05) is 61.4 Å². The first kappa shape index (κ1) is 16.7. The minimum Gasteiger partial charge on any atom is -0.307 e. The summed E-state index contributed by atoms with van der Waals surface area (Å²) in [4.78, 5) is 17.2.